The van der Waals surface area contributed by atoms with Crippen LogP contribution in [0.4, 0.5) is 13.2 Å². The number of hydrogen-bond acceptors (Lipinski definition) is 5. The molecule has 11 heteroatoms. The molecule has 0 aromatic carbocycles. The molecule has 4 heterocycles. The first-order valence-electron chi connectivity index (χ1n) is 8.87. The minimum absolute atomic E-state index is 0.0407. The Bertz CT molecular complexity index is 920. The van der Waals surface area contributed by atoms with Crippen LogP contribution < -0.4 is 0 Å². The zero-order valence-electron chi connectivity index (χ0n) is 15.1. The number of halogens is 3. The minimum Gasteiger partial charge on any atom is -0.464 e. The maximum atomic E-state index is 13.0. The molecule has 2 aromatic heterocycles. The van der Waals surface area contributed by atoms with Gasteiger partial charge >= 0.3 is 6.18 Å². The van der Waals surface area contributed by atoms with Crippen LogP contribution in [0.1, 0.15) is 36.0 Å². The van der Waals surface area contributed by atoms with Gasteiger partial charge in [0.1, 0.15) is 17.6 Å². The first-order valence-corrected chi connectivity index (χ1v) is 8.87. The van der Waals surface area contributed by atoms with Gasteiger partial charge in [0.05, 0.1) is 13.1 Å². The van der Waals surface area contributed by atoms with E-state index in [-0.39, 0.29) is 50.2 Å². The van der Waals surface area contributed by atoms with Crippen LogP contribution in [0, 0.1) is 6.92 Å². The SMILES string of the molecule is Cc1ccc(CN2C(=O)CCC2C(=O)N2CCn3c(nnc3C(F)(F)F)C2)o1. The number of nitrogens with zero attached hydrogens (tertiary/aromatic N) is 5. The second-order valence-corrected chi connectivity index (χ2v) is 6.94. The van der Waals surface area contributed by atoms with E-state index in [1.165, 1.54) is 9.80 Å². The van der Waals surface area contributed by atoms with E-state index in [1.807, 2.05) is 0 Å². The molecular weight excluding hydrogens is 379 g/mol. The van der Waals surface area contributed by atoms with E-state index in [1.54, 1.807) is 19.1 Å². The van der Waals surface area contributed by atoms with E-state index in [0.29, 0.717) is 17.9 Å². The molecule has 2 aliphatic heterocycles. The van der Waals surface area contributed by atoms with Crippen molar-refractivity contribution in [1.29, 1.82) is 0 Å². The molecule has 0 radical (unpaired) electrons. The topological polar surface area (TPSA) is 84.5 Å². The van der Waals surface area contributed by atoms with Crippen LogP contribution in [0.5, 0.6) is 0 Å². The molecule has 150 valence electrons. The molecule has 0 bridgehead atoms. The van der Waals surface area contributed by atoms with Crippen molar-refractivity contribution >= 4 is 11.8 Å². The maximum absolute atomic E-state index is 13.0. The zero-order valence-corrected chi connectivity index (χ0v) is 15.1. The monoisotopic (exact) mass is 397 g/mol. The molecule has 4 rings (SSSR count). The highest BCUT2D eigenvalue weighted by Crippen LogP contribution is 2.30. The number of likely N-dealkylation sites (tertiary alicyclic amines) is 1. The molecule has 1 saturated heterocycles. The predicted octanol–water partition coefficient (Wildman–Crippen LogP) is 1.73. The number of fused-ring (bicyclic) bond motifs is 1. The molecule has 2 amide bonds. The number of aryl methyl sites for hydroxylation is 1. The smallest absolute Gasteiger partial charge is 0.451 e. The third-order valence-corrected chi connectivity index (χ3v) is 5.05. The first kappa shape index (κ1) is 18.5. The van der Waals surface area contributed by atoms with Crippen LogP contribution in [0.2, 0.25) is 0 Å². The van der Waals surface area contributed by atoms with Gasteiger partial charge in [-0.05, 0) is 25.5 Å². The predicted molar refractivity (Wildman–Crippen MR) is 87.5 cm³/mol. The molecular formula is C17H18F3N5O3. The number of carbonyl (C=O) groups excluding carboxylic acids is 2. The van der Waals surface area contributed by atoms with Crippen molar-refractivity contribution in [1.82, 2.24) is 24.6 Å². The third kappa shape index (κ3) is 3.25. The van der Waals surface area contributed by atoms with Gasteiger partial charge in [-0.3, -0.25) is 9.59 Å². The summed E-state index contributed by atoms with van der Waals surface area (Å²) in [5.74, 6) is -0.118. The van der Waals surface area contributed by atoms with Gasteiger partial charge in [0.25, 0.3) is 0 Å². The fourth-order valence-corrected chi connectivity index (χ4v) is 3.69. The first-order chi connectivity index (χ1) is 13.2. The van der Waals surface area contributed by atoms with Crippen LogP contribution in [0.3, 0.4) is 0 Å². The van der Waals surface area contributed by atoms with Crippen molar-refractivity contribution in [2.45, 2.75) is 51.6 Å². The Balaban J connectivity index is 1.49. The van der Waals surface area contributed by atoms with Gasteiger partial charge < -0.3 is 18.8 Å². The van der Waals surface area contributed by atoms with Gasteiger partial charge in [0, 0.05) is 19.5 Å². The Hall–Kier alpha value is -2.85. The number of alkyl halides is 3. The summed E-state index contributed by atoms with van der Waals surface area (Å²) in [6.07, 6.45) is -3.97. The Morgan fingerprint density at radius 3 is 2.75 bits per heavy atom. The maximum Gasteiger partial charge on any atom is 0.451 e. The van der Waals surface area contributed by atoms with Gasteiger partial charge in [0.2, 0.25) is 17.6 Å². The largest absolute Gasteiger partial charge is 0.464 e. The highest BCUT2D eigenvalue weighted by molar-refractivity contribution is 5.90. The number of furan rings is 1. The van der Waals surface area contributed by atoms with Gasteiger partial charge in [-0.2, -0.15) is 13.2 Å². The molecule has 1 atom stereocenters. The molecule has 0 saturated carbocycles. The van der Waals surface area contributed by atoms with E-state index < -0.39 is 18.0 Å². The molecule has 0 aliphatic carbocycles. The molecule has 0 spiro atoms. The van der Waals surface area contributed by atoms with Crippen LogP contribution in [-0.2, 0) is 35.4 Å². The zero-order chi connectivity index (χ0) is 20.1. The van der Waals surface area contributed by atoms with Crippen molar-refractivity contribution in [2.75, 3.05) is 6.54 Å². The third-order valence-electron chi connectivity index (χ3n) is 5.05. The summed E-state index contributed by atoms with van der Waals surface area (Å²) in [7, 11) is 0. The lowest BCUT2D eigenvalue weighted by molar-refractivity contribution is -0.149. The number of amides is 2. The lowest BCUT2D eigenvalue weighted by Crippen LogP contribution is -2.49. The highest BCUT2D eigenvalue weighted by Gasteiger charge is 2.42. The standard InChI is InChI=1S/C17H18F3N5O3/c1-10-2-3-11(28-10)8-25-12(4-5-14(25)26)15(27)23-6-7-24-13(9-23)21-22-16(24)17(18,19)20/h2-3,12H,4-9H2,1H3. The minimum atomic E-state index is -4.59. The van der Waals surface area contributed by atoms with E-state index in [0.717, 1.165) is 4.57 Å². The van der Waals surface area contributed by atoms with Crippen molar-refractivity contribution in [3.05, 3.63) is 35.3 Å². The number of carbonyl (C=O) groups is 2. The summed E-state index contributed by atoms with van der Waals surface area (Å²) in [5.41, 5.74) is 0. The summed E-state index contributed by atoms with van der Waals surface area (Å²) in [6, 6.07) is 2.88. The fraction of sp³-hybridized carbons (Fsp3) is 0.529. The molecule has 1 unspecified atom stereocenters. The Morgan fingerprint density at radius 2 is 2.07 bits per heavy atom. The average molecular weight is 397 g/mol. The molecule has 2 aliphatic rings. The van der Waals surface area contributed by atoms with Crippen LogP contribution in [0.15, 0.2) is 16.5 Å². The van der Waals surface area contributed by atoms with Crippen LogP contribution >= 0.6 is 0 Å². The highest BCUT2D eigenvalue weighted by atomic mass is 19.4. The van der Waals surface area contributed by atoms with E-state index in [4.69, 9.17) is 4.42 Å². The Morgan fingerprint density at radius 1 is 1.29 bits per heavy atom. The van der Waals surface area contributed by atoms with Crippen molar-refractivity contribution in [3.8, 4) is 0 Å². The number of hydrogen-bond donors (Lipinski definition) is 0. The molecule has 2 aromatic rings. The summed E-state index contributed by atoms with van der Waals surface area (Å²) < 4.78 is 45.4. The second-order valence-electron chi connectivity index (χ2n) is 6.94. The average Bonchev–Trinajstić information content (AvgIpc) is 3.33. The van der Waals surface area contributed by atoms with Gasteiger partial charge in [0.15, 0.2) is 5.82 Å². The lowest BCUT2D eigenvalue weighted by atomic mass is 10.1. The summed E-state index contributed by atoms with van der Waals surface area (Å²) >= 11 is 0. The number of rotatable bonds is 3. The van der Waals surface area contributed by atoms with Gasteiger partial charge in [-0.1, -0.05) is 0 Å². The van der Waals surface area contributed by atoms with Crippen molar-refractivity contribution < 1.29 is 27.2 Å². The van der Waals surface area contributed by atoms with Crippen molar-refractivity contribution in [2.24, 2.45) is 0 Å². The lowest BCUT2D eigenvalue weighted by Gasteiger charge is -2.32. The van der Waals surface area contributed by atoms with E-state index >= 15 is 0 Å². The Labute approximate surface area is 157 Å². The van der Waals surface area contributed by atoms with Crippen LogP contribution in [0.25, 0.3) is 0 Å². The molecule has 0 N–H and O–H groups in total. The van der Waals surface area contributed by atoms with Gasteiger partial charge in [-0.15, -0.1) is 10.2 Å². The number of aromatic nitrogens is 3. The normalized spacial score (nSPS) is 20.0. The van der Waals surface area contributed by atoms with Crippen LogP contribution in [-0.4, -0.2) is 49.0 Å². The van der Waals surface area contributed by atoms with Crippen molar-refractivity contribution in [3.63, 3.8) is 0 Å². The molecule has 28 heavy (non-hydrogen) atoms. The summed E-state index contributed by atoms with van der Waals surface area (Å²) in [4.78, 5) is 28.2. The summed E-state index contributed by atoms with van der Waals surface area (Å²) in [6.45, 7) is 1.97. The summed E-state index contributed by atoms with van der Waals surface area (Å²) in [5, 5.41) is 6.81. The second kappa shape index (κ2) is 6.64. The van der Waals surface area contributed by atoms with E-state index in [9.17, 15) is 22.8 Å². The Kier molecular flexibility index (Phi) is 4.39. The molecule has 1 fully saturated rings. The molecule has 8 nitrogen and oxygen atoms in total. The van der Waals surface area contributed by atoms with E-state index in [2.05, 4.69) is 10.2 Å². The van der Waals surface area contributed by atoms with Gasteiger partial charge in [-0.25, -0.2) is 0 Å². The fourth-order valence-electron chi connectivity index (χ4n) is 3.69. The quantitative estimate of drug-likeness (QED) is 0.788.